The van der Waals surface area contributed by atoms with Crippen LogP contribution in [0.4, 0.5) is 5.69 Å². The lowest BCUT2D eigenvalue weighted by atomic mass is 10.1. The lowest BCUT2D eigenvalue weighted by Gasteiger charge is -2.14. The van der Waals surface area contributed by atoms with Crippen LogP contribution >= 0.6 is 15.9 Å². The molecule has 4 aromatic rings. The summed E-state index contributed by atoms with van der Waals surface area (Å²) >= 11 is 3.46. The van der Waals surface area contributed by atoms with Gasteiger partial charge in [-0.15, -0.1) is 0 Å². The Morgan fingerprint density at radius 2 is 1.88 bits per heavy atom. The number of carbonyl (C=O) groups is 1. The van der Waals surface area contributed by atoms with Crippen molar-refractivity contribution in [1.82, 2.24) is 15.0 Å². The molecule has 1 N–H and O–H groups in total. The van der Waals surface area contributed by atoms with Crippen LogP contribution in [0.5, 0.6) is 0 Å². The van der Waals surface area contributed by atoms with Gasteiger partial charge >= 0.3 is 0 Å². The van der Waals surface area contributed by atoms with E-state index >= 15 is 0 Å². The number of carbonyl (C=O) groups excluding carboxylic acids is 1. The van der Waals surface area contributed by atoms with E-state index in [0.29, 0.717) is 34.7 Å². The fourth-order valence-electron chi connectivity index (χ4n) is 3.79. The van der Waals surface area contributed by atoms with Crippen LogP contribution in [0.1, 0.15) is 29.8 Å². The normalized spacial score (nSPS) is 13.9. The van der Waals surface area contributed by atoms with Gasteiger partial charge in [0.05, 0.1) is 34.3 Å². The number of hydrogen-bond acceptors (Lipinski definition) is 5. The average molecular weight is 511 g/mol. The van der Waals surface area contributed by atoms with E-state index in [1.165, 1.54) is 0 Å². The molecule has 2 aromatic carbocycles. The maximum Gasteiger partial charge on any atom is 0.259 e. The van der Waals surface area contributed by atoms with Crippen molar-refractivity contribution >= 4 is 48.5 Å². The number of halogens is 1. The van der Waals surface area contributed by atoms with Gasteiger partial charge < -0.3 is 9.88 Å². The van der Waals surface area contributed by atoms with E-state index in [0.717, 1.165) is 15.6 Å². The summed E-state index contributed by atoms with van der Waals surface area (Å²) in [7, 11) is -3.34. The summed E-state index contributed by atoms with van der Waals surface area (Å²) in [5.74, 6) is -0.0798. The Morgan fingerprint density at radius 3 is 2.59 bits per heavy atom. The number of benzene rings is 2. The van der Waals surface area contributed by atoms with Gasteiger partial charge in [0, 0.05) is 21.8 Å². The maximum absolute atomic E-state index is 13.0. The van der Waals surface area contributed by atoms with Crippen molar-refractivity contribution < 1.29 is 13.2 Å². The number of aromatic amines is 1. The third kappa shape index (κ3) is 3.32. The Bertz CT molecular complexity index is 1480. The van der Waals surface area contributed by atoms with E-state index in [2.05, 4.69) is 25.9 Å². The molecule has 1 aliphatic rings. The zero-order valence-electron chi connectivity index (χ0n) is 17.3. The molecule has 0 aliphatic carbocycles. The Hall–Kier alpha value is -3.04. The van der Waals surface area contributed by atoms with Gasteiger partial charge in [-0.3, -0.25) is 4.79 Å². The molecule has 0 saturated carbocycles. The number of H-pyrrole nitrogens is 1. The topological polar surface area (TPSA) is 96.0 Å². The van der Waals surface area contributed by atoms with E-state index in [4.69, 9.17) is 4.98 Å². The molecule has 5 rings (SSSR count). The fraction of sp³-hybridized carbons (Fsp3) is 0.174. The highest BCUT2D eigenvalue weighted by molar-refractivity contribution is 9.10. The highest BCUT2D eigenvalue weighted by atomic mass is 79.9. The van der Waals surface area contributed by atoms with Crippen molar-refractivity contribution in [3.8, 4) is 11.3 Å². The van der Waals surface area contributed by atoms with Gasteiger partial charge in [-0.1, -0.05) is 28.1 Å². The predicted octanol–water partition coefficient (Wildman–Crippen LogP) is 4.73. The number of nitrogens with one attached hydrogen (secondary N) is 1. The van der Waals surface area contributed by atoms with Gasteiger partial charge in [0.15, 0.2) is 15.5 Å². The molecule has 0 radical (unpaired) electrons. The minimum Gasteiger partial charge on any atom is -0.343 e. The van der Waals surface area contributed by atoms with Crippen LogP contribution in [0, 0.1) is 0 Å². The molecule has 1 amide bonds. The number of amides is 1. The maximum atomic E-state index is 13.0. The average Bonchev–Trinajstić information content (AvgIpc) is 3.33. The Morgan fingerprint density at radius 1 is 1.12 bits per heavy atom. The fourth-order valence-corrected chi connectivity index (χ4v) is 5.26. The van der Waals surface area contributed by atoms with Crippen molar-refractivity contribution in [2.24, 2.45) is 0 Å². The van der Waals surface area contributed by atoms with Gasteiger partial charge in [0.1, 0.15) is 5.52 Å². The van der Waals surface area contributed by atoms with Crippen LogP contribution in [0.25, 0.3) is 22.4 Å². The smallest absolute Gasteiger partial charge is 0.259 e. The van der Waals surface area contributed by atoms with E-state index in [-0.39, 0.29) is 10.8 Å². The van der Waals surface area contributed by atoms with Crippen LogP contribution in [0.15, 0.2) is 64.2 Å². The molecular formula is C23H19BrN4O3S. The standard InChI is InChI=1S/C23H19BrN4O3S/c1-13(2)32(30,31)17-6-3-14(4-7-17)19-10-25-22-21(27-19)20(11-26-22)28-12-15-9-16(24)5-8-18(15)23(28)29/h3-11,13H,12H2,1-2H3,(H,25,26). The van der Waals surface area contributed by atoms with Crippen LogP contribution in [-0.2, 0) is 16.4 Å². The summed E-state index contributed by atoms with van der Waals surface area (Å²) in [6.45, 7) is 3.77. The summed E-state index contributed by atoms with van der Waals surface area (Å²) in [6.07, 6.45) is 3.37. The molecule has 0 saturated heterocycles. The third-order valence-corrected chi connectivity index (χ3v) is 8.29. The van der Waals surface area contributed by atoms with Crippen LogP contribution in [-0.4, -0.2) is 34.5 Å². The molecule has 1 aliphatic heterocycles. The minimum atomic E-state index is -3.34. The zero-order valence-corrected chi connectivity index (χ0v) is 19.7. The second kappa shape index (κ2) is 7.53. The molecule has 9 heteroatoms. The highest BCUT2D eigenvalue weighted by Gasteiger charge is 2.30. The van der Waals surface area contributed by atoms with Crippen molar-refractivity contribution in [2.45, 2.75) is 30.5 Å². The molecule has 0 fully saturated rings. The van der Waals surface area contributed by atoms with Crippen molar-refractivity contribution in [3.63, 3.8) is 0 Å². The van der Waals surface area contributed by atoms with E-state index < -0.39 is 15.1 Å². The quantitative estimate of drug-likeness (QED) is 0.428. The second-order valence-electron chi connectivity index (χ2n) is 7.94. The molecule has 7 nitrogen and oxygen atoms in total. The number of sulfone groups is 1. The molecule has 0 spiro atoms. The van der Waals surface area contributed by atoms with E-state index in [1.807, 2.05) is 18.2 Å². The summed E-state index contributed by atoms with van der Waals surface area (Å²) in [5.41, 5.74) is 4.78. The molecule has 2 aromatic heterocycles. The first-order valence-electron chi connectivity index (χ1n) is 10.0. The molecule has 0 atom stereocenters. The first-order valence-corrected chi connectivity index (χ1v) is 12.4. The molecule has 32 heavy (non-hydrogen) atoms. The van der Waals surface area contributed by atoms with Gasteiger partial charge in [-0.05, 0) is 49.7 Å². The highest BCUT2D eigenvalue weighted by Crippen LogP contribution is 2.34. The lowest BCUT2D eigenvalue weighted by molar-refractivity contribution is 0.0997. The van der Waals surface area contributed by atoms with Crippen LogP contribution < -0.4 is 4.90 Å². The predicted molar refractivity (Wildman–Crippen MR) is 126 cm³/mol. The summed E-state index contributed by atoms with van der Waals surface area (Å²) in [5, 5.41) is -0.491. The Balaban J connectivity index is 1.52. The first-order chi connectivity index (χ1) is 15.3. The molecule has 162 valence electrons. The van der Waals surface area contributed by atoms with Crippen molar-refractivity contribution in [1.29, 1.82) is 0 Å². The zero-order chi connectivity index (χ0) is 22.6. The van der Waals surface area contributed by atoms with Gasteiger partial charge in [-0.25, -0.2) is 18.4 Å². The van der Waals surface area contributed by atoms with Crippen LogP contribution in [0.3, 0.4) is 0 Å². The first kappa shape index (κ1) is 20.8. The second-order valence-corrected chi connectivity index (χ2v) is 11.4. The number of hydrogen-bond donors (Lipinski definition) is 1. The number of nitrogens with zero attached hydrogens (tertiary/aromatic N) is 3. The number of anilines is 1. The minimum absolute atomic E-state index is 0.0798. The van der Waals surface area contributed by atoms with Crippen LogP contribution in [0.2, 0.25) is 0 Å². The van der Waals surface area contributed by atoms with E-state index in [1.54, 1.807) is 55.4 Å². The van der Waals surface area contributed by atoms with Crippen molar-refractivity contribution in [2.75, 3.05) is 4.90 Å². The Kier molecular flexibility index (Phi) is 4.90. The molecule has 3 heterocycles. The summed E-state index contributed by atoms with van der Waals surface area (Å²) in [4.78, 5) is 27.2. The summed E-state index contributed by atoms with van der Waals surface area (Å²) in [6, 6.07) is 12.3. The molecular weight excluding hydrogens is 492 g/mol. The molecule has 0 unspecified atom stereocenters. The van der Waals surface area contributed by atoms with Crippen molar-refractivity contribution in [3.05, 3.63) is 70.5 Å². The monoisotopic (exact) mass is 510 g/mol. The summed E-state index contributed by atoms with van der Waals surface area (Å²) < 4.78 is 25.7. The lowest BCUT2D eigenvalue weighted by Crippen LogP contribution is -2.22. The third-order valence-electron chi connectivity index (χ3n) is 5.62. The number of aromatic nitrogens is 3. The van der Waals surface area contributed by atoms with E-state index in [9.17, 15) is 13.2 Å². The van der Waals surface area contributed by atoms with Gasteiger partial charge in [-0.2, -0.15) is 0 Å². The SMILES string of the molecule is CC(C)S(=O)(=O)c1ccc(-c2cnc3[nH]cc(N4Cc5cc(Br)ccc5C4=O)c3n2)cc1. The van der Waals surface area contributed by atoms with Gasteiger partial charge in [0.25, 0.3) is 5.91 Å². The number of rotatable bonds is 4. The Labute approximate surface area is 193 Å². The van der Waals surface area contributed by atoms with Gasteiger partial charge in [0.2, 0.25) is 0 Å². The number of fused-ring (bicyclic) bond motifs is 2. The largest absolute Gasteiger partial charge is 0.343 e. The molecule has 0 bridgehead atoms.